The minimum Gasteiger partial charge on any atom is -0.497 e. The molecule has 0 radical (unpaired) electrons. The van der Waals surface area contributed by atoms with Gasteiger partial charge in [0, 0.05) is 25.6 Å². The van der Waals surface area contributed by atoms with Gasteiger partial charge < -0.3 is 15.0 Å². The molecule has 0 heterocycles. The van der Waals surface area contributed by atoms with Crippen molar-refractivity contribution in [1.82, 2.24) is 10.2 Å². The van der Waals surface area contributed by atoms with E-state index in [4.69, 9.17) is 4.74 Å². The summed E-state index contributed by atoms with van der Waals surface area (Å²) in [6.07, 6.45) is 7.44. The largest absolute Gasteiger partial charge is 0.497 e. The molecule has 0 saturated heterocycles. The fraction of sp³-hybridized carbons (Fsp3) is 0.548. The van der Waals surface area contributed by atoms with Gasteiger partial charge in [-0.3, -0.25) is 13.9 Å². The van der Waals surface area contributed by atoms with Gasteiger partial charge in [-0.2, -0.15) is 0 Å². The predicted molar refractivity (Wildman–Crippen MR) is 160 cm³/mol. The van der Waals surface area contributed by atoms with E-state index in [1.165, 1.54) is 17.0 Å². The first kappa shape index (κ1) is 31.5. The van der Waals surface area contributed by atoms with Crippen molar-refractivity contribution >= 4 is 27.5 Å². The van der Waals surface area contributed by atoms with Gasteiger partial charge in [0.1, 0.15) is 11.8 Å². The predicted octanol–water partition coefficient (Wildman–Crippen LogP) is 5.11. The van der Waals surface area contributed by atoms with E-state index in [9.17, 15) is 18.0 Å². The highest BCUT2D eigenvalue weighted by molar-refractivity contribution is 7.92. The number of hydrogen-bond acceptors (Lipinski definition) is 5. The molecule has 1 saturated carbocycles. The lowest BCUT2D eigenvalue weighted by Crippen LogP contribution is -2.51. The maximum absolute atomic E-state index is 13.7. The van der Waals surface area contributed by atoms with Gasteiger partial charge in [0.15, 0.2) is 0 Å². The first-order valence-electron chi connectivity index (χ1n) is 14.3. The third kappa shape index (κ3) is 8.71. The molecule has 9 heteroatoms. The van der Waals surface area contributed by atoms with E-state index in [1.807, 2.05) is 63.2 Å². The van der Waals surface area contributed by atoms with Crippen molar-refractivity contribution in [3.05, 3.63) is 59.2 Å². The Morgan fingerprint density at radius 1 is 1.07 bits per heavy atom. The summed E-state index contributed by atoms with van der Waals surface area (Å²) >= 11 is 0. The fourth-order valence-corrected chi connectivity index (χ4v) is 6.42. The SMILES string of the molecule is CC[C@@H](C(=O)NC1CCCCC1)N(Cc1cccc(OC)c1)C(=O)CCCN(c1cc(C)ccc1C)S(C)(=O)=O. The van der Waals surface area contributed by atoms with E-state index in [0.29, 0.717) is 24.3 Å². The van der Waals surface area contributed by atoms with Crippen LogP contribution in [0.3, 0.4) is 0 Å². The van der Waals surface area contributed by atoms with E-state index in [2.05, 4.69) is 5.32 Å². The maximum atomic E-state index is 13.7. The van der Waals surface area contributed by atoms with Crippen molar-refractivity contribution in [3.8, 4) is 5.75 Å². The first-order chi connectivity index (χ1) is 19.0. The molecule has 1 aliphatic carbocycles. The number of anilines is 1. The average molecular weight is 572 g/mol. The van der Waals surface area contributed by atoms with Crippen LogP contribution >= 0.6 is 0 Å². The monoisotopic (exact) mass is 571 g/mol. The zero-order valence-corrected chi connectivity index (χ0v) is 25.4. The number of ether oxygens (including phenoxy) is 1. The van der Waals surface area contributed by atoms with Gasteiger partial charge in [0.25, 0.3) is 0 Å². The molecule has 2 aromatic carbocycles. The van der Waals surface area contributed by atoms with Crippen molar-refractivity contribution in [2.24, 2.45) is 0 Å². The second-order valence-electron chi connectivity index (χ2n) is 10.9. The van der Waals surface area contributed by atoms with Gasteiger partial charge in [0.2, 0.25) is 21.8 Å². The van der Waals surface area contributed by atoms with Crippen LogP contribution in [0.4, 0.5) is 5.69 Å². The highest BCUT2D eigenvalue weighted by atomic mass is 32.2. The molecule has 8 nitrogen and oxygen atoms in total. The van der Waals surface area contributed by atoms with E-state index >= 15 is 0 Å². The molecule has 0 aliphatic heterocycles. The highest BCUT2D eigenvalue weighted by Gasteiger charge is 2.30. The van der Waals surface area contributed by atoms with Crippen molar-refractivity contribution in [2.45, 2.75) is 90.8 Å². The van der Waals surface area contributed by atoms with Crippen molar-refractivity contribution in [2.75, 3.05) is 24.2 Å². The molecule has 3 rings (SSSR count). The molecule has 1 fully saturated rings. The topological polar surface area (TPSA) is 96.0 Å². The van der Waals surface area contributed by atoms with Crippen LogP contribution in [-0.2, 0) is 26.2 Å². The standard InChI is InChI=1S/C31H45N3O5S/c1-6-28(31(36)32-26-13-8-7-9-14-26)33(22-25-12-10-15-27(21-25)39-4)30(35)16-11-19-34(40(5,37)38)29-20-23(2)17-18-24(29)3/h10,12,15,17-18,20-21,26,28H,6-9,11,13-14,16,19,22H2,1-5H3,(H,32,36)/t28-/m0/s1. The van der Waals surface area contributed by atoms with Crippen LogP contribution < -0.4 is 14.4 Å². The third-order valence-electron chi connectivity index (χ3n) is 7.61. The molecule has 1 atom stereocenters. The second kappa shape index (κ2) is 14.5. The van der Waals surface area contributed by atoms with E-state index < -0.39 is 16.1 Å². The maximum Gasteiger partial charge on any atom is 0.243 e. The lowest BCUT2D eigenvalue weighted by atomic mass is 9.95. The molecule has 2 amide bonds. The molecular formula is C31H45N3O5S. The number of nitrogens with one attached hydrogen (secondary N) is 1. The van der Waals surface area contributed by atoms with E-state index in [0.717, 1.165) is 42.4 Å². The number of benzene rings is 2. The molecule has 40 heavy (non-hydrogen) atoms. The fourth-order valence-electron chi connectivity index (χ4n) is 5.40. The first-order valence-corrected chi connectivity index (χ1v) is 16.2. The van der Waals surface area contributed by atoms with Crippen LogP contribution in [-0.4, -0.2) is 57.1 Å². The van der Waals surface area contributed by atoms with Gasteiger partial charge >= 0.3 is 0 Å². The minimum atomic E-state index is -3.55. The summed E-state index contributed by atoms with van der Waals surface area (Å²) in [4.78, 5) is 28.8. The Labute approximate surface area is 240 Å². The van der Waals surface area contributed by atoms with E-state index in [1.54, 1.807) is 12.0 Å². The Balaban J connectivity index is 1.79. The summed E-state index contributed by atoms with van der Waals surface area (Å²) in [6, 6.07) is 12.7. The minimum absolute atomic E-state index is 0.119. The number of amides is 2. The zero-order valence-electron chi connectivity index (χ0n) is 24.6. The normalized spacial score (nSPS) is 14.8. The number of aryl methyl sites for hydroxylation is 2. The van der Waals surface area contributed by atoms with Crippen LogP contribution in [0.1, 0.15) is 75.0 Å². The van der Waals surface area contributed by atoms with Gasteiger partial charge in [-0.25, -0.2) is 8.42 Å². The lowest BCUT2D eigenvalue weighted by molar-refractivity contribution is -0.141. The molecule has 220 valence electrons. The number of carbonyl (C=O) groups is 2. The Bertz CT molecular complexity index is 1260. The van der Waals surface area contributed by atoms with Crippen LogP contribution in [0.5, 0.6) is 5.75 Å². The molecule has 2 aromatic rings. The Morgan fingerprint density at radius 3 is 2.45 bits per heavy atom. The summed E-state index contributed by atoms with van der Waals surface area (Å²) in [5.74, 6) is 0.378. The number of rotatable bonds is 13. The van der Waals surface area contributed by atoms with Crippen LogP contribution in [0.25, 0.3) is 0 Å². The van der Waals surface area contributed by atoms with Gasteiger partial charge in [-0.15, -0.1) is 0 Å². The summed E-state index contributed by atoms with van der Waals surface area (Å²) in [5, 5.41) is 3.20. The average Bonchev–Trinajstić information content (AvgIpc) is 2.92. The van der Waals surface area contributed by atoms with Crippen LogP contribution in [0.2, 0.25) is 0 Å². The summed E-state index contributed by atoms with van der Waals surface area (Å²) in [6.45, 7) is 6.16. The molecular weight excluding hydrogens is 526 g/mol. The summed E-state index contributed by atoms with van der Waals surface area (Å²) in [5.41, 5.74) is 3.31. The summed E-state index contributed by atoms with van der Waals surface area (Å²) in [7, 11) is -1.96. The molecule has 0 bridgehead atoms. The molecule has 1 aliphatic rings. The zero-order chi connectivity index (χ0) is 29.3. The Kier molecular flexibility index (Phi) is 11.4. The highest BCUT2D eigenvalue weighted by Crippen LogP contribution is 2.25. The molecule has 0 spiro atoms. The molecule has 0 unspecified atom stereocenters. The number of sulfonamides is 1. The molecule has 1 N–H and O–H groups in total. The number of methoxy groups -OCH3 is 1. The quantitative estimate of drug-likeness (QED) is 0.360. The Morgan fingerprint density at radius 2 is 1.80 bits per heavy atom. The lowest BCUT2D eigenvalue weighted by Gasteiger charge is -2.33. The third-order valence-corrected chi connectivity index (χ3v) is 8.79. The smallest absolute Gasteiger partial charge is 0.243 e. The van der Waals surface area contributed by atoms with Crippen molar-refractivity contribution in [1.29, 1.82) is 0 Å². The Hall–Kier alpha value is -3.07. The van der Waals surface area contributed by atoms with Gasteiger partial charge in [0.05, 0.1) is 19.1 Å². The van der Waals surface area contributed by atoms with E-state index in [-0.39, 0.29) is 37.4 Å². The van der Waals surface area contributed by atoms with Gasteiger partial charge in [-0.05, 0) is 74.4 Å². The molecule has 0 aromatic heterocycles. The summed E-state index contributed by atoms with van der Waals surface area (Å²) < 4.78 is 32.2. The van der Waals surface area contributed by atoms with Crippen molar-refractivity contribution in [3.63, 3.8) is 0 Å². The number of carbonyl (C=O) groups excluding carboxylic acids is 2. The number of hydrogen-bond donors (Lipinski definition) is 1. The number of nitrogens with zero attached hydrogens (tertiary/aromatic N) is 2. The van der Waals surface area contributed by atoms with Crippen molar-refractivity contribution < 1.29 is 22.7 Å². The second-order valence-corrected chi connectivity index (χ2v) is 12.8. The van der Waals surface area contributed by atoms with Crippen LogP contribution in [0, 0.1) is 13.8 Å². The van der Waals surface area contributed by atoms with Gasteiger partial charge in [-0.1, -0.05) is 50.5 Å². The van der Waals surface area contributed by atoms with Crippen LogP contribution in [0.15, 0.2) is 42.5 Å².